The molecule has 2 aromatic rings. The largest absolute Gasteiger partial charge is 0.352 e. The number of urea groups is 1. The number of aryl methyl sites for hydroxylation is 1. The van der Waals surface area contributed by atoms with E-state index in [1.165, 1.54) is 5.56 Å². The maximum atomic E-state index is 12.7. The van der Waals surface area contributed by atoms with Crippen LogP contribution in [0.15, 0.2) is 36.7 Å². The van der Waals surface area contributed by atoms with E-state index < -0.39 is 11.7 Å². The lowest BCUT2D eigenvalue weighted by molar-refractivity contribution is -0.177. The summed E-state index contributed by atoms with van der Waals surface area (Å²) in [4.78, 5) is 33.2. The van der Waals surface area contributed by atoms with Crippen LogP contribution in [-0.2, 0) is 28.1 Å². The Morgan fingerprint density at radius 3 is 2.57 bits per heavy atom. The minimum absolute atomic E-state index is 0.0515. The highest BCUT2D eigenvalue weighted by molar-refractivity contribution is 5.89. The van der Waals surface area contributed by atoms with Crippen LogP contribution in [-0.4, -0.2) is 64.6 Å². The first kappa shape index (κ1) is 20.4. The number of nitrogens with zero attached hydrogens (tertiary/aromatic N) is 4. The number of hydrogen-bond donors (Lipinski definition) is 1. The van der Waals surface area contributed by atoms with E-state index in [0.29, 0.717) is 32.5 Å². The number of rotatable bonds is 3. The third-order valence-electron chi connectivity index (χ3n) is 6.04. The highest BCUT2D eigenvalue weighted by Gasteiger charge is 2.47. The number of ether oxygens (including phenoxy) is 1. The van der Waals surface area contributed by atoms with Crippen molar-refractivity contribution in [3.05, 3.63) is 48.0 Å². The van der Waals surface area contributed by atoms with Crippen molar-refractivity contribution in [2.45, 2.75) is 44.4 Å². The van der Waals surface area contributed by atoms with Gasteiger partial charge in [0.1, 0.15) is 11.4 Å². The summed E-state index contributed by atoms with van der Waals surface area (Å²) in [6.45, 7) is 3.64. The van der Waals surface area contributed by atoms with Gasteiger partial charge in [-0.3, -0.25) is 4.79 Å². The number of imidazole rings is 1. The lowest BCUT2D eigenvalue weighted by Gasteiger charge is -2.45. The van der Waals surface area contributed by atoms with Crippen LogP contribution >= 0.6 is 0 Å². The molecule has 160 valence electrons. The maximum Gasteiger partial charge on any atom is 0.321 e. The lowest BCUT2D eigenvalue weighted by atomic mass is 9.88. The summed E-state index contributed by atoms with van der Waals surface area (Å²) in [5.74, 6) is 0.796. The van der Waals surface area contributed by atoms with E-state index in [4.69, 9.17) is 4.74 Å². The summed E-state index contributed by atoms with van der Waals surface area (Å²) in [5.41, 5.74) is 1.38. The Labute approximate surface area is 176 Å². The van der Waals surface area contributed by atoms with Crippen LogP contribution in [0.5, 0.6) is 0 Å². The van der Waals surface area contributed by atoms with Gasteiger partial charge in [-0.2, -0.15) is 0 Å². The molecule has 1 fully saturated rings. The molecular weight excluding hydrogens is 382 g/mol. The fourth-order valence-corrected chi connectivity index (χ4v) is 4.25. The van der Waals surface area contributed by atoms with E-state index in [-0.39, 0.29) is 11.9 Å². The van der Waals surface area contributed by atoms with Gasteiger partial charge in [-0.05, 0) is 24.1 Å². The highest BCUT2D eigenvalue weighted by atomic mass is 16.5. The minimum Gasteiger partial charge on any atom is -0.352 e. The van der Waals surface area contributed by atoms with Gasteiger partial charge in [0.05, 0.1) is 6.54 Å². The quantitative estimate of drug-likeness (QED) is 0.841. The molecule has 1 saturated heterocycles. The normalized spacial score (nSPS) is 20.0. The number of likely N-dealkylation sites (tertiary alicyclic amines) is 1. The molecule has 0 saturated carbocycles. The monoisotopic (exact) mass is 411 g/mol. The molecule has 1 N–H and O–H groups in total. The molecule has 3 heterocycles. The minimum atomic E-state index is -0.641. The first-order chi connectivity index (χ1) is 14.4. The molecule has 1 unspecified atom stereocenters. The van der Waals surface area contributed by atoms with Crippen molar-refractivity contribution in [2.24, 2.45) is 0 Å². The van der Waals surface area contributed by atoms with Crippen LogP contribution < -0.4 is 5.32 Å². The molecular formula is C22H29N5O3. The van der Waals surface area contributed by atoms with Gasteiger partial charge in [0.15, 0.2) is 6.10 Å². The Morgan fingerprint density at radius 2 is 1.93 bits per heavy atom. The second-order valence-electron chi connectivity index (χ2n) is 8.20. The molecule has 0 radical (unpaired) electrons. The van der Waals surface area contributed by atoms with Gasteiger partial charge in [-0.25, -0.2) is 9.78 Å². The van der Waals surface area contributed by atoms with E-state index in [9.17, 15) is 9.59 Å². The van der Waals surface area contributed by atoms with Crippen molar-refractivity contribution in [2.75, 3.05) is 32.5 Å². The fraction of sp³-hybridized carbons (Fsp3) is 0.500. The van der Waals surface area contributed by atoms with Crippen molar-refractivity contribution in [3.8, 4) is 0 Å². The van der Waals surface area contributed by atoms with E-state index in [2.05, 4.69) is 17.2 Å². The second-order valence-corrected chi connectivity index (χ2v) is 8.20. The van der Waals surface area contributed by atoms with Gasteiger partial charge in [-0.15, -0.1) is 0 Å². The Balaban J connectivity index is 1.44. The number of benzene rings is 1. The van der Waals surface area contributed by atoms with E-state index >= 15 is 0 Å². The summed E-state index contributed by atoms with van der Waals surface area (Å²) in [6, 6.07) is 7.80. The third kappa shape index (κ3) is 3.79. The smallest absolute Gasteiger partial charge is 0.321 e. The molecule has 8 heteroatoms. The zero-order valence-electron chi connectivity index (χ0n) is 17.8. The zero-order valence-corrected chi connectivity index (χ0v) is 17.8. The molecule has 3 amide bonds. The average molecular weight is 412 g/mol. The molecule has 1 aromatic carbocycles. The number of carbonyl (C=O) groups excluding carboxylic acids is 2. The molecule has 2 aliphatic rings. The fourth-order valence-electron chi connectivity index (χ4n) is 4.25. The van der Waals surface area contributed by atoms with Crippen LogP contribution in [0, 0.1) is 0 Å². The molecule has 30 heavy (non-hydrogen) atoms. The van der Waals surface area contributed by atoms with Gasteiger partial charge >= 0.3 is 6.03 Å². The zero-order chi connectivity index (χ0) is 21.3. The maximum absolute atomic E-state index is 12.7. The topological polar surface area (TPSA) is 79.7 Å². The number of aromatic nitrogens is 2. The Hall–Kier alpha value is -2.87. The molecule has 1 atom stereocenters. The summed E-state index contributed by atoms with van der Waals surface area (Å²) in [7, 11) is 3.48. The van der Waals surface area contributed by atoms with Crippen LogP contribution in [0.2, 0.25) is 0 Å². The van der Waals surface area contributed by atoms with Crippen LogP contribution in [0.25, 0.3) is 0 Å². The summed E-state index contributed by atoms with van der Waals surface area (Å²) < 4.78 is 8.38. The van der Waals surface area contributed by atoms with Crippen molar-refractivity contribution in [1.29, 1.82) is 0 Å². The highest BCUT2D eigenvalue weighted by Crippen LogP contribution is 2.40. The summed E-state index contributed by atoms with van der Waals surface area (Å²) in [6.07, 6.45) is 5.28. The van der Waals surface area contributed by atoms with Gasteiger partial charge in [0.2, 0.25) is 0 Å². The van der Waals surface area contributed by atoms with Crippen molar-refractivity contribution in [1.82, 2.24) is 19.4 Å². The Morgan fingerprint density at radius 1 is 1.23 bits per heavy atom. The summed E-state index contributed by atoms with van der Waals surface area (Å²) >= 11 is 0. The Kier molecular flexibility index (Phi) is 5.51. The third-order valence-corrected chi connectivity index (χ3v) is 6.04. The average Bonchev–Trinajstić information content (AvgIpc) is 3.24. The van der Waals surface area contributed by atoms with Crippen LogP contribution in [0.4, 0.5) is 10.5 Å². The standard InChI is InChI=1S/C22H29N5O3/c1-4-16-5-7-17(8-6-16)24-21(29)26-12-9-22(10-13-26)20-23-11-14-27(20)15-18(30-22)19(28)25(2)3/h5-8,11,14,18H,4,9-10,12-13,15H2,1-3H3,(H,24,29). The van der Waals surface area contributed by atoms with E-state index in [0.717, 1.165) is 17.9 Å². The van der Waals surface area contributed by atoms with Crippen molar-refractivity contribution < 1.29 is 14.3 Å². The number of amides is 3. The molecule has 1 aromatic heterocycles. The molecule has 0 bridgehead atoms. The lowest BCUT2D eigenvalue weighted by Crippen LogP contribution is -2.55. The molecule has 2 aliphatic heterocycles. The number of likely N-dealkylation sites (N-methyl/N-ethyl adjacent to an activating group) is 1. The predicted octanol–water partition coefficient (Wildman–Crippen LogP) is 2.46. The first-order valence-corrected chi connectivity index (χ1v) is 10.5. The first-order valence-electron chi connectivity index (χ1n) is 10.5. The molecule has 4 rings (SSSR count). The van der Waals surface area contributed by atoms with Crippen LogP contribution in [0.1, 0.15) is 31.2 Å². The van der Waals surface area contributed by atoms with Gasteiger partial charge in [0, 0.05) is 58.1 Å². The van der Waals surface area contributed by atoms with Crippen molar-refractivity contribution in [3.63, 3.8) is 0 Å². The number of anilines is 1. The van der Waals surface area contributed by atoms with Crippen molar-refractivity contribution >= 4 is 17.6 Å². The number of carbonyl (C=O) groups is 2. The predicted molar refractivity (Wildman–Crippen MR) is 113 cm³/mol. The molecule has 0 aliphatic carbocycles. The Bertz CT molecular complexity index is 913. The SMILES string of the molecule is CCc1ccc(NC(=O)N2CCC3(CC2)OC(C(=O)N(C)C)Cn2ccnc23)cc1. The second kappa shape index (κ2) is 8.10. The van der Waals surface area contributed by atoms with Crippen LogP contribution in [0.3, 0.4) is 0 Å². The number of nitrogens with one attached hydrogen (secondary N) is 1. The van der Waals surface area contributed by atoms with E-state index in [1.807, 2.05) is 35.0 Å². The van der Waals surface area contributed by atoms with E-state index in [1.54, 1.807) is 30.1 Å². The number of fused-ring (bicyclic) bond motifs is 2. The number of hydrogen-bond acceptors (Lipinski definition) is 4. The van der Waals surface area contributed by atoms with Gasteiger partial charge in [0.25, 0.3) is 5.91 Å². The van der Waals surface area contributed by atoms with Gasteiger partial charge < -0.3 is 24.4 Å². The van der Waals surface area contributed by atoms with Gasteiger partial charge in [-0.1, -0.05) is 19.1 Å². The molecule has 8 nitrogen and oxygen atoms in total. The summed E-state index contributed by atoms with van der Waals surface area (Å²) in [5, 5.41) is 2.97. The number of piperidine rings is 1. The molecule has 1 spiro atoms.